The van der Waals surface area contributed by atoms with E-state index in [0.717, 1.165) is 37.3 Å². The van der Waals surface area contributed by atoms with Gasteiger partial charge in [-0.1, -0.05) is 48.0 Å². The number of anilines is 1. The standard InChI is InChI=1S/C30H32ClFN4O2/c1-33-24-12-10-21(11-13-24)29(37)34-27(20-6-3-2-4-7-20)14-15-35-16-22-18-36(19-23(22)17-35)30(38)28-25(31)8-5-9-26(28)32/h2-13,22-23,27,33H,14-19H2,1H3,(H,34,37). The number of carbonyl (C=O) groups is 2. The van der Waals surface area contributed by atoms with Gasteiger partial charge in [-0.2, -0.15) is 0 Å². The molecular formula is C30H32ClFN4O2. The van der Waals surface area contributed by atoms with Gasteiger partial charge in [0, 0.05) is 51.0 Å². The Bertz CT molecular complexity index is 1250. The minimum atomic E-state index is -0.576. The van der Waals surface area contributed by atoms with Gasteiger partial charge in [0.2, 0.25) is 0 Å². The van der Waals surface area contributed by atoms with Crippen LogP contribution in [0.3, 0.4) is 0 Å². The maximum atomic E-state index is 14.3. The van der Waals surface area contributed by atoms with Crippen LogP contribution in [0.15, 0.2) is 72.8 Å². The van der Waals surface area contributed by atoms with Crippen molar-refractivity contribution in [1.29, 1.82) is 0 Å². The molecule has 8 heteroatoms. The molecule has 3 aromatic rings. The Morgan fingerprint density at radius 2 is 1.63 bits per heavy atom. The SMILES string of the molecule is CNc1ccc(C(=O)NC(CCN2CC3CN(C(=O)c4c(F)cccc4Cl)CC3C2)c2ccccc2)cc1. The second-order valence-electron chi connectivity index (χ2n) is 10.1. The van der Waals surface area contributed by atoms with Crippen LogP contribution in [0.2, 0.25) is 5.02 Å². The fourth-order valence-electron chi connectivity index (χ4n) is 5.65. The molecule has 2 heterocycles. The van der Waals surface area contributed by atoms with Crippen LogP contribution < -0.4 is 10.6 Å². The quantitative estimate of drug-likeness (QED) is 0.423. The number of hydrogen-bond donors (Lipinski definition) is 2. The maximum Gasteiger partial charge on any atom is 0.258 e. The first-order valence-corrected chi connectivity index (χ1v) is 13.4. The normalized spacial score (nSPS) is 19.7. The minimum Gasteiger partial charge on any atom is -0.388 e. The van der Waals surface area contributed by atoms with Crippen LogP contribution in [0.4, 0.5) is 10.1 Å². The molecule has 0 bridgehead atoms. The number of fused-ring (bicyclic) bond motifs is 1. The molecule has 0 aromatic heterocycles. The zero-order chi connectivity index (χ0) is 26.6. The third kappa shape index (κ3) is 5.69. The molecule has 5 rings (SSSR count). The molecule has 6 nitrogen and oxygen atoms in total. The summed E-state index contributed by atoms with van der Waals surface area (Å²) in [5.74, 6) is -0.308. The van der Waals surface area contributed by atoms with Crippen LogP contribution in [-0.4, -0.2) is 61.4 Å². The predicted molar refractivity (Wildman–Crippen MR) is 148 cm³/mol. The molecule has 3 unspecified atom stereocenters. The van der Waals surface area contributed by atoms with E-state index in [0.29, 0.717) is 30.5 Å². The first-order chi connectivity index (χ1) is 18.4. The van der Waals surface area contributed by atoms with Crippen molar-refractivity contribution in [2.24, 2.45) is 11.8 Å². The van der Waals surface area contributed by atoms with E-state index in [4.69, 9.17) is 11.6 Å². The Hall–Kier alpha value is -3.42. The first kappa shape index (κ1) is 26.2. The maximum absolute atomic E-state index is 14.3. The number of rotatable bonds is 8. The highest BCUT2D eigenvalue weighted by molar-refractivity contribution is 6.33. The summed E-state index contributed by atoms with van der Waals surface area (Å²) in [6.45, 7) is 3.79. The third-order valence-corrected chi connectivity index (χ3v) is 8.02. The largest absolute Gasteiger partial charge is 0.388 e. The third-order valence-electron chi connectivity index (χ3n) is 7.70. The molecule has 0 aliphatic carbocycles. The summed E-state index contributed by atoms with van der Waals surface area (Å²) >= 11 is 6.13. The van der Waals surface area contributed by atoms with E-state index in [1.54, 1.807) is 11.0 Å². The van der Waals surface area contributed by atoms with Crippen molar-refractivity contribution in [1.82, 2.24) is 15.1 Å². The number of nitrogens with zero attached hydrogens (tertiary/aromatic N) is 2. The van der Waals surface area contributed by atoms with Gasteiger partial charge in [-0.15, -0.1) is 0 Å². The van der Waals surface area contributed by atoms with E-state index in [1.807, 2.05) is 61.6 Å². The lowest BCUT2D eigenvalue weighted by molar-refractivity contribution is 0.0769. The van der Waals surface area contributed by atoms with Gasteiger partial charge in [0.15, 0.2) is 0 Å². The molecule has 2 amide bonds. The lowest BCUT2D eigenvalue weighted by atomic mass is 10.0. The van der Waals surface area contributed by atoms with Crippen molar-refractivity contribution in [3.8, 4) is 0 Å². The molecule has 3 aromatic carbocycles. The van der Waals surface area contributed by atoms with Crippen molar-refractivity contribution in [3.63, 3.8) is 0 Å². The van der Waals surface area contributed by atoms with Crippen molar-refractivity contribution in [2.75, 3.05) is 45.1 Å². The van der Waals surface area contributed by atoms with E-state index < -0.39 is 5.82 Å². The van der Waals surface area contributed by atoms with Crippen molar-refractivity contribution >= 4 is 29.1 Å². The zero-order valence-corrected chi connectivity index (χ0v) is 22.1. The molecule has 198 valence electrons. The summed E-state index contributed by atoms with van der Waals surface area (Å²) < 4.78 is 14.3. The number of carbonyl (C=O) groups excluding carboxylic acids is 2. The fourth-order valence-corrected chi connectivity index (χ4v) is 5.89. The summed E-state index contributed by atoms with van der Waals surface area (Å²) in [5, 5.41) is 6.45. The van der Waals surface area contributed by atoms with Crippen LogP contribution >= 0.6 is 11.6 Å². The molecule has 2 fully saturated rings. The Kier molecular flexibility index (Phi) is 7.95. The summed E-state index contributed by atoms with van der Waals surface area (Å²) in [7, 11) is 1.85. The molecular weight excluding hydrogens is 503 g/mol. The topological polar surface area (TPSA) is 64.7 Å². The summed E-state index contributed by atoms with van der Waals surface area (Å²) in [6.07, 6.45) is 0.775. The highest BCUT2D eigenvalue weighted by Gasteiger charge is 2.42. The van der Waals surface area contributed by atoms with Crippen LogP contribution in [0.5, 0.6) is 0 Å². The highest BCUT2D eigenvalue weighted by Crippen LogP contribution is 2.34. The van der Waals surface area contributed by atoms with E-state index in [1.165, 1.54) is 12.1 Å². The van der Waals surface area contributed by atoms with Crippen molar-refractivity contribution < 1.29 is 14.0 Å². The highest BCUT2D eigenvalue weighted by atomic mass is 35.5. The Labute approximate surface area is 227 Å². The van der Waals surface area contributed by atoms with Crippen molar-refractivity contribution in [2.45, 2.75) is 12.5 Å². The molecule has 2 aliphatic heterocycles. The minimum absolute atomic E-state index is 0.0342. The van der Waals surface area contributed by atoms with Crippen LogP contribution in [0, 0.1) is 17.7 Å². The van der Waals surface area contributed by atoms with Gasteiger partial charge in [-0.05, 0) is 60.2 Å². The predicted octanol–water partition coefficient (Wildman–Crippen LogP) is 5.09. The lowest BCUT2D eigenvalue weighted by Gasteiger charge is -2.25. The second kappa shape index (κ2) is 11.5. The summed E-state index contributed by atoms with van der Waals surface area (Å²) in [6, 6.07) is 21.7. The number of nitrogens with one attached hydrogen (secondary N) is 2. The summed E-state index contributed by atoms with van der Waals surface area (Å²) in [4.78, 5) is 30.2. The molecule has 0 radical (unpaired) electrons. The summed E-state index contributed by atoms with van der Waals surface area (Å²) in [5.41, 5.74) is 2.62. The van der Waals surface area contributed by atoms with Crippen LogP contribution in [0.25, 0.3) is 0 Å². The van der Waals surface area contributed by atoms with E-state index in [2.05, 4.69) is 15.5 Å². The Morgan fingerprint density at radius 1 is 0.947 bits per heavy atom. The van der Waals surface area contributed by atoms with Gasteiger partial charge in [0.25, 0.3) is 11.8 Å². The van der Waals surface area contributed by atoms with E-state index in [9.17, 15) is 14.0 Å². The van der Waals surface area contributed by atoms with E-state index in [-0.39, 0.29) is 28.4 Å². The molecule has 0 spiro atoms. The molecule has 3 atom stereocenters. The lowest BCUT2D eigenvalue weighted by Crippen LogP contribution is -2.35. The number of hydrogen-bond acceptors (Lipinski definition) is 4. The van der Waals surface area contributed by atoms with E-state index >= 15 is 0 Å². The first-order valence-electron chi connectivity index (χ1n) is 13.0. The zero-order valence-electron chi connectivity index (χ0n) is 21.4. The van der Waals surface area contributed by atoms with Crippen LogP contribution in [0.1, 0.15) is 38.7 Å². The second-order valence-corrected chi connectivity index (χ2v) is 10.5. The van der Waals surface area contributed by atoms with Crippen LogP contribution in [-0.2, 0) is 0 Å². The Morgan fingerprint density at radius 3 is 2.26 bits per heavy atom. The number of amides is 2. The monoisotopic (exact) mass is 534 g/mol. The van der Waals surface area contributed by atoms with Gasteiger partial charge in [0.05, 0.1) is 16.6 Å². The van der Waals surface area contributed by atoms with Gasteiger partial charge < -0.3 is 20.4 Å². The Balaban J connectivity index is 1.19. The molecule has 2 N–H and O–H groups in total. The number of benzene rings is 3. The van der Waals surface area contributed by atoms with Gasteiger partial charge in [-0.3, -0.25) is 9.59 Å². The van der Waals surface area contributed by atoms with Gasteiger partial charge >= 0.3 is 0 Å². The van der Waals surface area contributed by atoms with Gasteiger partial charge in [-0.25, -0.2) is 4.39 Å². The molecule has 38 heavy (non-hydrogen) atoms. The molecule has 0 saturated carbocycles. The average Bonchev–Trinajstić information content (AvgIpc) is 3.50. The van der Waals surface area contributed by atoms with Gasteiger partial charge in [0.1, 0.15) is 5.82 Å². The van der Waals surface area contributed by atoms with Crippen molar-refractivity contribution in [3.05, 3.63) is 100 Å². The smallest absolute Gasteiger partial charge is 0.258 e. The number of likely N-dealkylation sites (tertiary alicyclic amines) is 2. The molecule has 2 aliphatic rings. The average molecular weight is 535 g/mol. The fraction of sp³-hybridized carbons (Fsp3) is 0.333. The molecule has 2 saturated heterocycles. The number of halogens is 2.